The van der Waals surface area contributed by atoms with Gasteiger partial charge < -0.3 is 4.52 Å². The molecular weight excluding hydrogens is 235 g/mol. The molecule has 1 aromatic heterocycles. The molecule has 0 bridgehead atoms. The fourth-order valence-electron chi connectivity index (χ4n) is 1.39. The Morgan fingerprint density at radius 3 is 2.35 bits per heavy atom. The zero-order valence-corrected chi connectivity index (χ0v) is 8.36. The second kappa shape index (κ2) is 4.04. The topological polar surface area (TPSA) is 43.1 Å². The summed E-state index contributed by atoms with van der Waals surface area (Å²) in [5.41, 5.74) is 0.0698. The summed E-state index contributed by atoms with van der Waals surface area (Å²) in [6.07, 6.45) is -2.63. The molecule has 2 aromatic rings. The van der Waals surface area contributed by atoms with Crippen molar-refractivity contribution in [2.45, 2.75) is 6.18 Å². The van der Waals surface area contributed by atoms with Crippen LogP contribution in [0, 0.1) is 0 Å². The van der Waals surface area contributed by atoms with E-state index < -0.39 is 11.7 Å². The number of rotatable bonds is 2. The second-order valence-electron chi connectivity index (χ2n) is 3.30. The third-order valence-electron chi connectivity index (χ3n) is 2.23. The number of nitrogens with zero attached hydrogens (tertiary/aromatic N) is 1. The number of hydrogen-bond donors (Lipinski definition) is 0. The van der Waals surface area contributed by atoms with Gasteiger partial charge in [0.15, 0.2) is 6.29 Å². The number of benzene rings is 1. The van der Waals surface area contributed by atoms with Crippen molar-refractivity contribution in [1.29, 1.82) is 0 Å². The molecule has 1 aromatic carbocycles. The quantitative estimate of drug-likeness (QED) is 0.758. The summed E-state index contributed by atoms with van der Waals surface area (Å²) in [7, 11) is 0. The molecule has 0 unspecified atom stereocenters. The summed E-state index contributed by atoms with van der Waals surface area (Å²) >= 11 is 0. The lowest BCUT2D eigenvalue weighted by Gasteiger charge is -2.06. The molecule has 88 valence electrons. The van der Waals surface area contributed by atoms with Crippen LogP contribution in [0.15, 0.2) is 35.0 Å². The maximum Gasteiger partial charge on any atom is 0.416 e. The number of carbonyl (C=O) groups excluding carboxylic acids is 1. The lowest BCUT2D eigenvalue weighted by molar-refractivity contribution is -0.137. The van der Waals surface area contributed by atoms with Crippen LogP contribution in [-0.2, 0) is 6.18 Å². The van der Waals surface area contributed by atoms with Crippen molar-refractivity contribution in [3.05, 3.63) is 41.8 Å². The Morgan fingerprint density at radius 2 is 1.82 bits per heavy atom. The maximum atomic E-state index is 12.3. The molecule has 2 rings (SSSR count). The fourth-order valence-corrected chi connectivity index (χ4v) is 1.39. The minimum absolute atomic E-state index is 0.00948. The number of halogens is 3. The highest BCUT2D eigenvalue weighted by atomic mass is 19.4. The van der Waals surface area contributed by atoms with Crippen LogP contribution in [0.1, 0.15) is 16.1 Å². The van der Waals surface area contributed by atoms with Crippen LogP contribution in [0.4, 0.5) is 13.2 Å². The van der Waals surface area contributed by atoms with Crippen LogP contribution in [-0.4, -0.2) is 11.4 Å². The summed E-state index contributed by atoms with van der Waals surface area (Å²) in [5, 5.41) is 3.41. The van der Waals surface area contributed by atoms with Crippen LogP contribution >= 0.6 is 0 Å². The number of alkyl halides is 3. The Labute approximate surface area is 93.8 Å². The minimum atomic E-state index is -4.37. The molecule has 0 aliphatic carbocycles. The Kier molecular flexibility index (Phi) is 2.71. The van der Waals surface area contributed by atoms with Crippen molar-refractivity contribution < 1.29 is 22.5 Å². The molecule has 0 fully saturated rings. The van der Waals surface area contributed by atoms with Gasteiger partial charge in [-0.1, -0.05) is 17.3 Å². The first-order chi connectivity index (χ1) is 8.02. The first kappa shape index (κ1) is 11.4. The van der Waals surface area contributed by atoms with Gasteiger partial charge in [-0.3, -0.25) is 4.79 Å². The maximum absolute atomic E-state index is 12.3. The molecule has 0 N–H and O–H groups in total. The van der Waals surface area contributed by atoms with E-state index in [9.17, 15) is 18.0 Å². The molecule has 0 aliphatic heterocycles. The van der Waals surface area contributed by atoms with Gasteiger partial charge >= 0.3 is 6.18 Å². The molecule has 0 saturated carbocycles. The average Bonchev–Trinajstić information content (AvgIpc) is 2.76. The summed E-state index contributed by atoms with van der Waals surface area (Å²) < 4.78 is 41.6. The van der Waals surface area contributed by atoms with Gasteiger partial charge in [0.1, 0.15) is 0 Å². The first-order valence-corrected chi connectivity index (χ1v) is 4.60. The summed E-state index contributed by atoms with van der Waals surface area (Å²) in [5.74, 6) is -0.00948. The van der Waals surface area contributed by atoms with Crippen molar-refractivity contribution in [1.82, 2.24) is 5.16 Å². The van der Waals surface area contributed by atoms with Gasteiger partial charge in [0, 0.05) is 0 Å². The Hall–Kier alpha value is -2.11. The zero-order chi connectivity index (χ0) is 12.5. The highest BCUT2D eigenvalue weighted by Gasteiger charge is 2.30. The van der Waals surface area contributed by atoms with E-state index in [-0.39, 0.29) is 5.76 Å². The number of aldehydes is 1. The Bertz CT molecular complexity index is 528. The van der Waals surface area contributed by atoms with E-state index in [1.54, 1.807) is 0 Å². The van der Waals surface area contributed by atoms with E-state index in [0.717, 1.165) is 12.1 Å². The van der Waals surface area contributed by atoms with E-state index >= 15 is 0 Å². The van der Waals surface area contributed by atoms with Crippen molar-refractivity contribution in [2.75, 3.05) is 0 Å². The summed E-state index contributed by atoms with van der Waals surface area (Å²) in [6, 6.07) is 4.42. The molecule has 0 saturated heterocycles. The molecule has 6 heteroatoms. The van der Waals surface area contributed by atoms with Gasteiger partial charge in [-0.2, -0.15) is 13.2 Å². The van der Waals surface area contributed by atoms with E-state index in [1.165, 1.54) is 18.3 Å². The summed E-state index contributed by atoms with van der Waals surface area (Å²) in [6.45, 7) is 0. The molecule has 0 atom stereocenters. The Balaban J connectivity index is 2.39. The lowest BCUT2D eigenvalue weighted by Crippen LogP contribution is -2.04. The molecule has 0 spiro atoms. The summed E-state index contributed by atoms with van der Waals surface area (Å²) in [4.78, 5) is 10.6. The number of aromatic nitrogens is 1. The van der Waals surface area contributed by atoms with Gasteiger partial charge in [0.2, 0.25) is 5.76 Å². The van der Waals surface area contributed by atoms with Crippen LogP contribution in [0.2, 0.25) is 0 Å². The van der Waals surface area contributed by atoms with Crippen molar-refractivity contribution in [2.24, 2.45) is 0 Å². The number of hydrogen-bond acceptors (Lipinski definition) is 3. The predicted octanol–water partition coefficient (Wildman–Crippen LogP) is 3.17. The van der Waals surface area contributed by atoms with Crippen LogP contribution in [0.5, 0.6) is 0 Å². The zero-order valence-electron chi connectivity index (χ0n) is 8.36. The second-order valence-corrected chi connectivity index (χ2v) is 3.30. The third-order valence-corrected chi connectivity index (χ3v) is 2.23. The smallest absolute Gasteiger partial charge is 0.353 e. The minimum Gasteiger partial charge on any atom is -0.353 e. The van der Waals surface area contributed by atoms with Crippen molar-refractivity contribution in [3.8, 4) is 11.1 Å². The van der Waals surface area contributed by atoms with E-state index in [1.807, 2.05) is 0 Å². The molecule has 1 heterocycles. The first-order valence-electron chi connectivity index (χ1n) is 4.60. The molecule has 3 nitrogen and oxygen atoms in total. The standard InChI is InChI=1S/C11H6F3NO2/c12-11(13,14)8-3-1-7(2-4-8)9-5-15-17-10(9)6-16/h1-6H. The van der Waals surface area contributed by atoms with Crippen LogP contribution < -0.4 is 0 Å². The van der Waals surface area contributed by atoms with Gasteiger partial charge in [-0.15, -0.1) is 0 Å². The third kappa shape index (κ3) is 2.20. The van der Waals surface area contributed by atoms with Gasteiger partial charge in [0.05, 0.1) is 17.3 Å². The molecular formula is C11H6F3NO2. The van der Waals surface area contributed by atoms with Crippen LogP contribution in [0.25, 0.3) is 11.1 Å². The van der Waals surface area contributed by atoms with Gasteiger partial charge in [0.25, 0.3) is 0 Å². The highest BCUT2D eigenvalue weighted by molar-refractivity contribution is 5.83. The average molecular weight is 241 g/mol. The normalized spacial score (nSPS) is 11.5. The van der Waals surface area contributed by atoms with Crippen molar-refractivity contribution in [3.63, 3.8) is 0 Å². The largest absolute Gasteiger partial charge is 0.416 e. The molecule has 0 aliphatic rings. The fraction of sp³-hybridized carbons (Fsp3) is 0.0909. The molecule has 17 heavy (non-hydrogen) atoms. The van der Waals surface area contributed by atoms with Crippen LogP contribution in [0.3, 0.4) is 0 Å². The van der Waals surface area contributed by atoms with Crippen molar-refractivity contribution >= 4 is 6.29 Å². The van der Waals surface area contributed by atoms with Gasteiger partial charge in [-0.05, 0) is 17.7 Å². The number of carbonyl (C=O) groups is 1. The molecule has 0 radical (unpaired) electrons. The van der Waals surface area contributed by atoms with E-state index in [2.05, 4.69) is 9.68 Å². The molecule has 0 amide bonds. The van der Waals surface area contributed by atoms with Gasteiger partial charge in [-0.25, -0.2) is 0 Å². The SMILES string of the molecule is O=Cc1oncc1-c1ccc(C(F)(F)F)cc1. The highest BCUT2D eigenvalue weighted by Crippen LogP contribution is 2.31. The monoisotopic (exact) mass is 241 g/mol. The Morgan fingerprint density at radius 1 is 1.18 bits per heavy atom. The van der Waals surface area contributed by atoms with E-state index in [4.69, 9.17) is 0 Å². The predicted molar refractivity (Wildman–Crippen MR) is 52.3 cm³/mol. The lowest BCUT2D eigenvalue weighted by atomic mass is 10.1. The van der Waals surface area contributed by atoms with E-state index in [0.29, 0.717) is 17.4 Å².